The fourth-order valence-electron chi connectivity index (χ4n) is 1.34. The number of aryl methyl sites for hydroxylation is 2. The Bertz CT molecular complexity index is 438. The van der Waals surface area contributed by atoms with Crippen molar-refractivity contribution in [2.75, 3.05) is 25.6 Å². The number of hydrogen-bond acceptors (Lipinski definition) is 5. The van der Waals surface area contributed by atoms with Crippen LogP contribution in [-0.2, 0) is 14.8 Å². The van der Waals surface area contributed by atoms with E-state index >= 15 is 0 Å². The van der Waals surface area contributed by atoms with Gasteiger partial charge in [0.05, 0.1) is 13.2 Å². The Morgan fingerprint density at radius 2 is 2.12 bits per heavy atom. The standard InChI is InChI=1S/C9H15ClN2O4S/c1-7-9(8(2)16-12-7)17(13,14)11-4-6-15-5-3-10/h11H,3-6H2,1-2H3. The molecule has 0 fully saturated rings. The first-order chi connectivity index (χ1) is 7.99. The van der Waals surface area contributed by atoms with Gasteiger partial charge in [0, 0.05) is 12.4 Å². The number of nitrogens with zero attached hydrogens (tertiary/aromatic N) is 1. The number of ether oxygens (including phenoxy) is 1. The van der Waals surface area contributed by atoms with E-state index < -0.39 is 10.0 Å². The molecule has 0 aliphatic heterocycles. The molecule has 0 saturated heterocycles. The van der Waals surface area contributed by atoms with Gasteiger partial charge in [0.25, 0.3) is 0 Å². The van der Waals surface area contributed by atoms with Crippen LogP contribution in [0.5, 0.6) is 0 Å². The fraction of sp³-hybridized carbons (Fsp3) is 0.667. The van der Waals surface area contributed by atoms with Crippen molar-refractivity contribution >= 4 is 21.6 Å². The predicted octanol–water partition coefficient (Wildman–Crippen LogP) is 0.825. The zero-order valence-electron chi connectivity index (χ0n) is 9.69. The van der Waals surface area contributed by atoms with Crippen LogP contribution >= 0.6 is 11.6 Å². The number of rotatable bonds is 7. The maximum Gasteiger partial charge on any atom is 0.246 e. The molecule has 0 radical (unpaired) electrons. The van der Waals surface area contributed by atoms with E-state index in [0.29, 0.717) is 18.2 Å². The van der Waals surface area contributed by atoms with Crippen molar-refractivity contribution in [3.05, 3.63) is 11.5 Å². The van der Waals surface area contributed by atoms with E-state index in [2.05, 4.69) is 9.88 Å². The van der Waals surface area contributed by atoms with Crippen LogP contribution in [0.1, 0.15) is 11.5 Å². The molecule has 1 heterocycles. The highest BCUT2D eigenvalue weighted by atomic mass is 35.5. The Kier molecular flexibility index (Phi) is 5.38. The van der Waals surface area contributed by atoms with Gasteiger partial charge in [0.1, 0.15) is 10.6 Å². The first-order valence-corrected chi connectivity index (χ1v) is 7.07. The van der Waals surface area contributed by atoms with E-state index in [-0.39, 0.29) is 23.8 Å². The average molecular weight is 283 g/mol. The van der Waals surface area contributed by atoms with Crippen LogP contribution in [0.3, 0.4) is 0 Å². The molecule has 0 unspecified atom stereocenters. The molecule has 0 spiro atoms. The molecule has 98 valence electrons. The van der Waals surface area contributed by atoms with Gasteiger partial charge in [-0.05, 0) is 13.8 Å². The van der Waals surface area contributed by atoms with Crippen molar-refractivity contribution in [2.45, 2.75) is 18.7 Å². The molecule has 1 rings (SSSR count). The van der Waals surface area contributed by atoms with Crippen LogP contribution in [0, 0.1) is 13.8 Å². The molecule has 0 aromatic carbocycles. The summed E-state index contributed by atoms with van der Waals surface area (Å²) in [5, 5.41) is 3.60. The second-order valence-corrected chi connectivity index (χ2v) is 5.43. The fourth-order valence-corrected chi connectivity index (χ4v) is 2.78. The van der Waals surface area contributed by atoms with Gasteiger partial charge in [-0.2, -0.15) is 0 Å². The first kappa shape index (κ1) is 14.4. The molecule has 0 atom stereocenters. The molecule has 8 heteroatoms. The third-order valence-electron chi connectivity index (χ3n) is 2.00. The summed E-state index contributed by atoms with van der Waals surface area (Å²) in [5.41, 5.74) is 0.344. The average Bonchev–Trinajstić information content (AvgIpc) is 2.58. The van der Waals surface area contributed by atoms with Crippen LogP contribution in [0.15, 0.2) is 9.42 Å². The van der Waals surface area contributed by atoms with Crippen molar-refractivity contribution in [3.8, 4) is 0 Å². The smallest absolute Gasteiger partial charge is 0.246 e. The Balaban J connectivity index is 2.58. The molecule has 1 N–H and O–H groups in total. The van der Waals surface area contributed by atoms with E-state index in [0.717, 1.165) is 0 Å². The minimum Gasteiger partial charge on any atom is -0.379 e. The lowest BCUT2D eigenvalue weighted by molar-refractivity contribution is 0.155. The maximum atomic E-state index is 11.9. The SMILES string of the molecule is Cc1noc(C)c1S(=O)(=O)NCCOCCCl. The minimum absolute atomic E-state index is 0.0924. The molecule has 6 nitrogen and oxygen atoms in total. The van der Waals surface area contributed by atoms with Crippen LogP contribution < -0.4 is 4.72 Å². The lowest BCUT2D eigenvalue weighted by atomic mass is 10.4. The first-order valence-electron chi connectivity index (χ1n) is 5.05. The Morgan fingerprint density at radius 1 is 1.41 bits per heavy atom. The molecular weight excluding hydrogens is 268 g/mol. The van der Waals surface area contributed by atoms with Crippen molar-refractivity contribution in [3.63, 3.8) is 0 Å². The number of halogens is 1. The van der Waals surface area contributed by atoms with Gasteiger partial charge in [0.2, 0.25) is 10.0 Å². The maximum absolute atomic E-state index is 11.9. The quantitative estimate of drug-likeness (QED) is 0.592. The lowest BCUT2D eigenvalue weighted by Gasteiger charge is -2.06. The number of alkyl halides is 1. The van der Waals surface area contributed by atoms with Gasteiger partial charge < -0.3 is 9.26 Å². The summed E-state index contributed by atoms with van der Waals surface area (Å²) in [5.74, 6) is 0.660. The summed E-state index contributed by atoms with van der Waals surface area (Å²) in [4.78, 5) is 0.0924. The van der Waals surface area contributed by atoms with E-state index in [9.17, 15) is 8.42 Å². The monoisotopic (exact) mass is 282 g/mol. The summed E-state index contributed by atoms with van der Waals surface area (Å²) in [6.07, 6.45) is 0. The van der Waals surface area contributed by atoms with Crippen LogP contribution in [0.4, 0.5) is 0 Å². The van der Waals surface area contributed by atoms with E-state index in [1.54, 1.807) is 13.8 Å². The molecule has 1 aromatic rings. The summed E-state index contributed by atoms with van der Waals surface area (Å²) < 4.78 is 36.0. The topological polar surface area (TPSA) is 81.4 Å². The van der Waals surface area contributed by atoms with E-state index in [4.69, 9.17) is 20.9 Å². The van der Waals surface area contributed by atoms with E-state index in [1.165, 1.54) is 0 Å². The summed E-state index contributed by atoms with van der Waals surface area (Å²) in [6, 6.07) is 0. The number of sulfonamides is 1. The van der Waals surface area contributed by atoms with Crippen molar-refractivity contribution in [1.29, 1.82) is 0 Å². The number of aromatic nitrogens is 1. The second kappa shape index (κ2) is 6.34. The Morgan fingerprint density at radius 3 is 2.65 bits per heavy atom. The van der Waals surface area contributed by atoms with Gasteiger partial charge in [-0.1, -0.05) is 5.16 Å². The van der Waals surface area contributed by atoms with Crippen LogP contribution in [-0.4, -0.2) is 39.2 Å². The van der Waals surface area contributed by atoms with Gasteiger partial charge >= 0.3 is 0 Å². The minimum atomic E-state index is -3.58. The highest BCUT2D eigenvalue weighted by Gasteiger charge is 2.23. The highest BCUT2D eigenvalue weighted by Crippen LogP contribution is 2.18. The normalized spacial score (nSPS) is 11.9. The zero-order chi connectivity index (χ0) is 12.9. The molecule has 0 aliphatic rings. The molecular formula is C9H15ClN2O4S. The Hall–Kier alpha value is -0.630. The summed E-state index contributed by atoms with van der Waals surface area (Å²) in [7, 11) is -3.58. The van der Waals surface area contributed by atoms with Gasteiger partial charge in [-0.15, -0.1) is 11.6 Å². The molecule has 17 heavy (non-hydrogen) atoms. The Labute approximate surface area is 105 Å². The lowest BCUT2D eigenvalue weighted by Crippen LogP contribution is -2.28. The second-order valence-electron chi connectivity index (χ2n) is 3.35. The number of nitrogens with one attached hydrogen (secondary N) is 1. The number of hydrogen-bond donors (Lipinski definition) is 1. The predicted molar refractivity (Wildman–Crippen MR) is 62.7 cm³/mol. The van der Waals surface area contributed by atoms with Crippen LogP contribution in [0.25, 0.3) is 0 Å². The van der Waals surface area contributed by atoms with Gasteiger partial charge in [-0.25, -0.2) is 13.1 Å². The van der Waals surface area contributed by atoms with Crippen molar-refractivity contribution < 1.29 is 17.7 Å². The molecule has 0 aliphatic carbocycles. The third kappa shape index (κ3) is 3.95. The largest absolute Gasteiger partial charge is 0.379 e. The molecule has 0 amide bonds. The zero-order valence-corrected chi connectivity index (χ0v) is 11.3. The molecule has 1 aromatic heterocycles. The molecule has 0 saturated carbocycles. The van der Waals surface area contributed by atoms with Crippen molar-refractivity contribution in [1.82, 2.24) is 9.88 Å². The van der Waals surface area contributed by atoms with Gasteiger partial charge in [-0.3, -0.25) is 0 Å². The third-order valence-corrected chi connectivity index (χ3v) is 3.86. The van der Waals surface area contributed by atoms with E-state index in [1.807, 2.05) is 0 Å². The van der Waals surface area contributed by atoms with Crippen LogP contribution in [0.2, 0.25) is 0 Å². The summed E-state index contributed by atoms with van der Waals surface area (Å²) in [6.45, 7) is 3.99. The summed E-state index contributed by atoms with van der Waals surface area (Å²) >= 11 is 5.41. The van der Waals surface area contributed by atoms with Crippen molar-refractivity contribution in [2.24, 2.45) is 0 Å². The highest BCUT2D eigenvalue weighted by molar-refractivity contribution is 7.89. The molecule has 0 bridgehead atoms. The van der Waals surface area contributed by atoms with Gasteiger partial charge in [0.15, 0.2) is 5.76 Å².